The van der Waals surface area contributed by atoms with Crippen molar-refractivity contribution in [3.05, 3.63) is 34.3 Å². The maximum absolute atomic E-state index is 10.3. The standard InChI is InChI=1S/C17H28BrNO/c1-4-5-6-12-19(14(2)3)13-11-17(20)15-7-9-16(18)10-8-15/h7-10,14,17,20H,4-6,11-13H2,1-3H3. The lowest BCUT2D eigenvalue weighted by atomic mass is 10.1. The van der Waals surface area contributed by atoms with E-state index in [-0.39, 0.29) is 6.10 Å². The highest BCUT2D eigenvalue weighted by Gasteiger charge is 2.13. The Bertz CT molecular complexity index is 364. The van der Waals surface area contributed by atoms with Crippen LogP contribution < -0.4 is 0 Å². The summed E-state index contributed by atoms with van der Waals surface area (Å²) in [6.45, 7) is 8.80. The van der Waals surface area contributed by atoms with Crippen molar-refractivity contribution in [2.24, 2.45) is 0 Å². The van der Waals surface area contributed by atoms with E-state index >= 15 is 0 Å². The molecule has 0 radical (unpaired) electrons. The van der Waals surface area contributed by atoms with Crippen LogP contribution in [-0.4, -0.2) is 29.1 Å². The van der Waals surface area contributed by atoms with Crippen molar-refractivity contribution in [2.75, 3.05) is 13.1 Å². The van der Waals surface area contributed by atoms with Gasteiger partial charge in [-0.1, -0.05) is 47.8 Å². The van der Waals surface area contributed by atoms with E-state index in [0.29, 0.717) is 6.04 Å². The van der Waals surface area contributed by atoms with Crippen LogP contribution in [0.5, 0.6) is 0 Å². The molecule has 1 atom stereocenters. The maximum Gasteiger partial charge on any atom is 0.0802 e. The van der Waals surface area contributed by atoms with Crippen LogP contribution in [0.3, 0.4) is 0 Å². The molecule has 0 saturated heterocycles. The highest BCUT2D eigenvalue weighted by Crippen LogP contribution is 2.20. The average molecular weight is 342 g/mol. The average Bonchev–Trinajstić information content (AvgIpc) is 2.42. The van der Waals surface area contributed by atoms with E-state index in [1.54, 1.807) is 0 Å². The monoisotopic (exact) mass is 341 g/mol. The fraction of sp³-hybridized carbons (Fsp3) is 0.647. The molecule has 0 bridgehead atoms. The lowest BCUT2D eigenvalue weighted by molar-refractivity contribution is 0.129. The molecule has 1 aromatic rings. The second kappa shape index (κ2) is 9.54. The molecule has 0 amide bonds. The molecule has 1 N–H and O–H groups in total. The molecule has 114 valence electrons. The number of nitrogens with zero attached hydrogens (tertiary/aromatic N) is 1. The van der Waals surface area contributed by atoms with Crippen molar-refractivity contribution < 1.29 is 5.11 Å². The van der Waals surface area contributed by atoms with E-state index in [1.165, 1.54) is 19.3 Å². The molecule has 0 aromatic heterocycles. The first-order valence-electron chi connectivity index (χ1n) is 7.72. The first-order valence-corrected chi connectivity index (χ1v) is 8.51. The zero-order valence-electron chi connectivity index (χ0n) is 13.0. The predicted molar refractivity (Wildman–Crippen MR) is 90.0 cm³/mol. The molecule has 0 fully saturated rings. The molecule has 1 unspecified atom stereocenters. The minimum atomic E-state index is -0.365. The molecule has 1 aromatic carbocycles. The Balaban J connectivity index is 2.43. The van der Waals surface area contributed by atoms with Crippen LogP contribution >= 0.6 is 15.9 Å². The van der Waals surface area contributed by atoms with Crippen LogP contribution in [0, 0.1) is 0 Å². The summed E-state index contributed by atoms with van der Waals surface area (Å²) in [5.74, 6) is 0. The number of hydrogen-bond donors (Lipinski definition) is 1. The van der Waals surface area contributed by atoms with E-state index in [2.05, 4.69) is 41.6 Å². The van der Waals surface area contributed by atoms with E-state index in [9.17, 15) is 5.11 Å². The van der Waals surface area contributed by atoms with Gasteiger partial charge in [-0.15, -0.1) is 0 Å². The molecule has 0 heterocycles. The number of aliphatic hydroxyl groups is 1. The summed E-state index contributed by atoms with van der Waals surface area (Å²) in [5, 5.41) is 10.3. The third-order valence-electron chi connectivity index (χ3n) is 3.72. The number of unbranched alkanes of at least 4 members (excludes halogenated alkanes) is 2. The third kappa shape index (κ3) is 6.38. The Labute approximate surface area is 132 Å². The van der Waals surface area contributed by atoms with Gasteiger partial charge in [0, 0.05) is 17.1 Å². The van der Waals surface area contributed by atoms with Crippen LogP contribution in [0.1, 0.15) is 58.1 Å². The number of aliphatic hydroxyl groups excluding tert-OH is 1. The van der Waals surface area contributed by atoms with Gasteiger partial charge in [-0.3, -0.25) is 0 Å². The van der Waals surface area contributed by atoms with Crippen molar-refractivity contribution in [3.63, 3.8) is 0 Å². The summed E-state index contributed by atoms with van der Waals surface area (Å²) in [6, 6.07) is 8.50. The van der Waals surface area contributed by atoms with Gasteiger partial charge in [0.1, 0.15) is 0 Å². The Morgan fingerprint density at radius 3 is 2.30 bits per heavy atom. The molecule has 0 saturated carbocycles. The lowest BCUT2D eigenvalue weighted by Crippen LogP contribution is -2.33. The number of benzene rings is 1. The van der Waals surface area contributed by atoms with Crippen molar-refractivity contribution >= 4 is 15.9 Å². The third-order valence-corrected chi connectivity index (χ3v) is 4.25. The first-order chi connectivity index (χ1) is 9.54. The molecule has 0 aliphatic carbocycles. The second-order valence-electron chi connectivity index (χ2n) is 5.69. The molecule has 1 rings (SSSR count). The molecule has 3 heteroatoms. The van der Waals surface area contributed by atoms with Crippen LogP contribution in [0.4, 0.5) is 0 Å². The topological polar surface area (TPSA) is 23.5 Å². The van der Waals surface area contributed by atoms with Gasteiger partial charge in [0.05, 0.1) is 6.10 Å². The minimum Gasteiger partial charge on any atom is -0.388 e. The van der Waals surface area contributed by atoms with Gasteiger partial charge in [-0.2, -0.15) is 0 Å². The Hall–Kier alpha value is -0.380. The van der Waals surface area contributed by atoms with E-state index in [1.807, 2.05) is 24.3 Å². The first kappa shape index (κ1) is 17.7. The summed E-state index contributed by atoms with van der Waals surface area (Å²) in [5.41, 5.74) is 1.01. The summed E-state index contributed by atoms with van der Waals surface area (Å²) in [4.78, 5) is 2.47. The van der Waals surface area contributed by atoms with E-state index in [0.717, 1.165) is 29.5 Å². The van der Waals surface area contributed by atoms with Gasteiger partial charge >= 0.3 is 0 Å². The minimum absolute atomic E-state index is 0.365. The van der Waals surface area contributed by atoms with Gasteiger partial charge < -0.3 is 10.0 Å². The van der Waals surface area contributed by atoms with Gasteiger partial charge in [0.25, 0.3) is 0 Å². The zero-order chi connectivity index (χ0) is 15.0. The van der Waals surface area contributed by atoms with Crippen LogP contribution in [0.25, 0.3) is 0 Å². The quantitative estimate of drug-likeness (QED) is 0.653. The van der Waals surface area contributed by atoms with Crippen LogP contribution in [0.15, 0.2) is 28.7 Å². The van der Waals surface area contributed by atoms with Gasteiger partial charge in [0.15, 0.2) is 0 Å². The van der Waals surface area contributed by atoms with Crippen molar-refractivity contribution in [2.45, 2.75) is 58.6 Å². The molecule has 2 nitrogen and oxygen atoms in total. The molecule has 0 aliphatic rings. The predicted octanol–water partition coefficient (Wildman–Crippen LogP) is 4.77. The fourth-order valence-electron chi connectivity index (χ4n) is 2.33. The highest BCUT2D eigenvalue weighted by molar-refractivity contribution is 9.10. The smallest absolute Gasteiger partial charge is 0.0802 e. The summed E-state index contributed by atoms with van der Waals surface area (Å²) in [6.07, 6.45) is 4.23. The molecule has 20 heavy (non-hydrogen) atoms. The fourth-order valence-corrected chi connectivity index (χ4v) is 2.60. The van der Waals surface area contributed by atoms with Crippen LogP contribution in [-0.2, 0) is 0 Å². The van der Waals surface area contributed by atoms with E-state index in [4.69, 9.17) is 0 Å². The zero-order valence-corrected chi connectivity index (χ0v) is 14.6. The maximum atomic E-state index is 10.3. The van der Waals surface area contributed by atoms with Gasteiger partial charge in [-0.25, -0.2) is 0 Å². The lowest BCUT2D eigenvalue weighted by Gasteiger charge is -2.27. The highest BCUT2D eigenvalue weighted by atomic mass is 79.9. The van der Waals surface area contributed by atoms with Gasteiger partial charge in [0.2, 0.25) is 0 Å². The number of hydrogen-bond acceptors (Lipinski definition) is 2. The SMILES string of the molecule is CCCCCN(CCC(O)c1ccc(Br)cc1)C(C)C. The normalized spacial score (nSPS) is 13.2. The van der Waals surface area contributed by atoms with Crippen molar-refractivity contribution in [3.8, 4) is 0 Å². The number of rotatable bonds is 9. The molecular formula is C17H28BrNO. The summed E-state index contributed by atoms with van der Waals surface area (Å²) in [7, 11) is 0. The molecule has 0 aliphatic heterocycles. The summed E-state index contributed by atoms with van der Waals surface area (Å²) < 4.78 is 1.05. The molecular weight excluding hydrogens is 314 g/mol. The Morgan fingerprint density at radius 1 is 1.10 bits per heavy atom. The van der Waals surface area contributed by atoms with E-state index < -0.39 is 0 Å². The van der Waals surface area contributed by atoms with Crippen LogP contribution in [0.2, 0.25) is 0 Å². The van der Waals surface area contributed by atoms with Crippen molar-refractivity contribution in [1.29, 1.82) is 0 Å². The largest absolute Gasteiger partial charge is 0.388 e. The van der Waals surface area contributed by atoms with Gasteiger partial charge in [-0.05, 0) is 50.9 Å². The summed E-state index contributed by atoms with van der Waals surface area (Å²) >= 11 is 3.42. The number of halogens is 1. The van der Waals surface area contributed by atoms with Crippen molar-refractivity contribution in [1.82, 2.24) is 4.90 Å². The Kier molecular flexibility index (Phi) is 8.43. The Morgan fingerprint density at radius 2 is 1.75 bits per heavy atom. The second-order valence-corrected chi connectivity index (χ2v) is 6.61. The molecule has 0 spiro atoms.